The fourth-order valence-corrected chi connectivity index (χ4v) is 3.19. The Bertz CT molecular complexity index is 528. The molecule has 0 N–H and O–H groups in total. The van der Waals surface area contributed by atoms with Gasteiger partial charge in [0.1, 0.15) is 10.6 Å². The van der Waals surface area contributed by atoms with Gasteiger partial charge in [0.15, 0.2) is 0 Å². The first-order chi connectivity index (χ1) is 8.25. The Balaban J connectivity index is 3.17. The molecule has 0 bridgehead atoms. The molecule has 0 aliphatic carbocycles. The van der Waals surface area contributed by atoms with Crippen LogP contribution < -0.4 is 4.74 Å². The fourth-order valence-electron chi connectivity index (χ4n) is 1.41. The van der Waals surface area contributed by atoms with E-state index in [-0.39, 0.29) is 4.90 Å². The molecule has 0 amide bonds. The molecule has 1 rings (SSSR count). The molecule has 1 unspecified atom stereocenters. The van der Waals surface area contributed by atoms with Crippen LogP contribution >= 0.6 is 26.6 Å². The van der Waals surface area contributed by atoms with Crippen molar-refractivity contribution >= 4 is 35.7 Å². The second-order valence-corrected chi connectivity index (χ2v) is 7.76. The predicted molar refractivity (Wildman–Crippen MR) is 76.9 cm³/mol. The van der Waals surface area contributed by atoms with Crippen molar-refractivity contribution in [3.63, 3.8) is 0 Å². The van der Waals surface area contributed by atoms with Crippen LogP contribution in [-0.4, -0.2) is 15.0 Å². The van der Waals surface area contributed by atoms with Crippen LogP contribution in [0.25, 0.3) is 0 Å². The van der Waals surface area contributed by atoms with Crippen molar-refractivity contribution in [3.05, 3.63) is 22.2 Å². The number of benzene rings is 1. The van der Waals surface area contributed by atoms with E-state index in [1.807, 2.05) is 6.92 Å². The van der Waals surface area contributed by atoms with Gasteiger partial charge >= 0.3 is 0 Å². The highest BCUT2D eigenvalue weighted by molar-refractivity contribution is 9.10. The summed E-state index contributed by atoms with van der Waals surface area (Å²) in [6.07, 6.45) is 0.971. The van der Waals surface area contributed by atoms with Gasteiger partial charge in [0.2, 0.25) is 0 Å². The Morgan fingerprint density at radius 3 is 2.56 bits per heavy atom. The predicted octanol–water partition coefficient (Wildman–Crippen LogP) is 4.11. The molecule has 0 heterocycles. The Morgan fingerprint density at radius 2 is 2.06 bits per heavy atom. The van der Waals surface area contributed by atoms with Crippen LogP contribution in [-0.2, 0) is 9.05 Å². The van der Waals surface area contributed by atoms with E-state index in [2.05, 4.69) is 22.9 Å². The quantitative estimate of drug-likeness (QED) is 0.747. The van der Waals surface area contributed by atoms with E-state index in [4.69, 9.17) is 15.4 Å². The zero-order valence-electron chi connectivity index (χ0n) is 10.5. The fraction of sp³-hybridized carbons (Fsp3) is 0.500. The standard InChI is InChI=1S/C12H16BrClO3S/c1-4-8(2)7-17-12-9(3)5-10(13)6-11(12)18(14,15)16/h5-6,8H,4,7H2,1-3H3. The third kappa shape index (κ3) is 4.14. The van der Waals surface area contributed by atoms with Crippen LogP contribution in [0.3, 0.4) is 0 Å². The number of rotatable bonds is 5. The molecule has 0 fully saturated rings. The van der Waals surface area contributed by atoms with E-state index in [0.717, 1.165) is 12.0 Å². The Labute approximate surface area is 121 Å². The lowest BCUT2D eigenvalue weighted by molar-refractivity contribution is 0.249. The zero-order valence-corrected chi connectivity index (χ0v) is 13.7. The van der Waals surface area contributed by atoms with Gasteiger partial charge in [0, 0.05) is 15.2 Å². The maximum Gasteiger partial charge on any atom is 0.265 e. The number of hydrogen-bond acceptors (Lipinski definition) is 3. The molecule has 0 spiro atoms. The molecule has 0 aliphatic heterocycles. The summed E-state index contributed by atoms with van der Waals surface area (Å²) >= 11 is 3.25. The van der Waals surface area contributed by atoms with Crippen molar-refractivity contribution in [1.29, 1.82) is 0 Å². The van der Waals surface area contributed by atoms with Gasteiger partial charge in [-0.05, 0) is 30.5 Å². The monoisotopic (exact) mass is 354 g/mol. The first kappa shape index (κ1) is 15.8. The highest BCUT2D eigenvalue weighted by Crippen LogP contribution is 2.34. The summed E-state index contributed by atoms with van der Waals surface area (Å²) in [6, 6.07) is 3.26. The summed E-state index contributed by atoms with van der Waals surface area (Å²) in [7, 11) is 1.61. The molecular formula is C12H16BrClO3S. The van der Waals surface area contributed by atoms with E-state index in [1.165, 1.54) is 6.07 Å². The Kier molecular flexibility index (Phi) is 5.49. The van der Waals surface area contributed by atoms with Gasteiger partial charge < -0.3 is 4.74 Å². The van der Waals surface area contributed by atoms with E-state index >= 15 is 0 Å². The number of aryl methyl sites for hydroxylation is 1. The average molecular weight is 356 g/mol. The molecular weight excluding hydrogens is 340 g/mol. The molecule has 0 aromatic heterocycles. The minimum atomic E-state index is -3.82. The van der Waals surface area contributed by atoms with Crippen LogP contribution in [0.15, 0.2) is 21.5 Å². The van der Waals surface area contributed by atoms with Gasteiger partial charge in [0.25, 0.3) is 9.05 Å². The maximum absolute atomic E-state index is 11.5. The highest BCUT2D eigenvalue weighted by Gasteiger charge is 2.20. The SMILES string of the molecule is CCC(C)COc1c(C)cc(Br)cc1S(=O)(=O)Cl. The van der Waals surface area contributed by atoms with Crippen LogP contribution in [0.5, 0.6) is 5.75 Å². The lowest BCUT2D eigenvalue weighted by atomic mass is 10.1. The number of halogens is 2. The molecule has 3 nitrogen and oxygen atoms in total. The van der Waals surface area contributed by atoms with Gasteiger partial charge in [-0.3, -0.25) is 0 Å². The summed E-state index contributed by atoms with van der Waals surface area (Å²) in [5, 5.41) is 0. The second-order valence-electron chi connectivity index (χ2n) is 4.31. The lowest BCUT2D eigenvalue weighted by Crippen LogP contribution is -2.10. The zero-order chi connectivity index (χ0) is 13.9. The molecule has 0 saturated heterocycles. The summed E-state index contributed by atoms with van der Waals surface area (Å²) < 4.78 is 29.4. The third-order valence-electron chi connectivity index (χ3n) is 2.68. The molecule has 102 valence electrons. The molecule has 1 aromatic rings. The van der Waals surface area contributed by atoms with Crippen molar-refractivity contribution in [2.45, 2.75) is 32.1 Å². The largest absolute Gasteiger partial charge is 0.492 e. The minimum Gasteiger partial charge on any atom is -0.492 e. The lowest BCUT2D eigenvalue weighted by Gasteiger charge is -2.15. The molecule has 0 saturated carbocycles. The van der Waals surface area contributed by atoms with Crippen molar-refractivity contribution in [2.24, 2.45) is 5.92 Å². The van der Waals surface area contributed by atoms with Crippen LogP contribution in [0.2, 0.25) is 0 Å². The highest BCUT2D eigenvalue weighted by atomic mass is 79.9. The molecule has 18 heavy (non-hydrogen) atoms. The first-order valence-corrected chi connectivity index (χ1v) is 8.73. The van der Waals surface area contributed by atoms with Crippen molar-refractivity contribution in [2.75, 3.05) is 6.61 Å². The summed E-state index contributed by atoms with van der Waals surface area (Å²) in [5.74, 6) is 0.701. The molecule has 1 atom stereocenters. The summed E-state index contributed by atoms with van der Waals surface area (Å²) in [6.45, 7) is 6.37. The third-order valence-corrected chi connectivity index (χ3v) is 4.46. The van der Waals surface area contributed by atoms with Gasteiger partial charge in [-0.25, -0.2) is 8.42 Å². The normalized spacial score (nSPS) is 13.4. The first-order valence-electron chi connectivity index (χ1n) is 5.63. The van der Waals surface area contributed by atoms with Gasteiger partial charge in [-0.15, -0.1) is 0 Å². The van der Waals surface area contributed by atoms with Crippen molar-refractivity contribution < 1.29 is 13.2 Å². The van der Waals surface area contributed by atoms with E-state index in [1.54, 1.807) is 13.0 Å². The molecule has 0 aliphatic rings. The van der Waals surface area contributed by atoms with Gasteiger partial charge in [-0.2, -0.15) is 0 Å². The van der Waals surface area contributed by atoms with Gasteiger partial charge in [0.05, 0.1) is 6.61 Å². The van der Waals surface area contributed by atoms with Crippen molar-refractivity contribution in [1.82, 2.24) is 0 Å². The average Bonchev–Trinajstić information content (AvgIpc) is 2.25. The van der Waals surface area contributed by atoms with Crippen molar-refractivity contribution in [3.8, 4) is 5.75 Å². The van der Waals surface area contributed by atoms with E-state index in [0.29, 0.717) is 22.7 Å². The molecule has 1 aromatic carbocycles. The number of ether oxygens (including phenoxy) is 1. The Morgan fingerprint density at radius 1 is 1.44 bits per heavy atom. The molecule has 0 radical (unpaired) electrons. The van der Waals surface area contributed by atoms with Crippen LogP contribution in [0.1, 0.15) is 25.8 Å². The maximum atomic E-state index is 11.5. The van der Waals surface area contributed by atoms with Crippen LogP contribution in [0.4, 0.5) is 0 Å². The summed E-state index contributed by atoms with van der Waals surface area (Å²) in [4.78, 5) is 0.0133. The van der Waals surface area contributed by atoms with Crippen LogP contribution in [0, 0.1) is 12.8 Å². The number of hydrogen-bond donors (Lipinski definition) is 0. The molecule has 6 heteroatoms. The Hall–Kier alpha value is -0.260. The second kappa shape index (κ2) is 6.26. The summed E-state index contributed by atoms with van der Waals surface area (Å²) in [5.41, 5.74) is 0.743. The smallest absolute Gasteiger partial charge is 0.265 e. The minimum absolute atomic E-state index is 0.0133. The van der Waals surface area contributed by atoms with Gasteiger partial charge in [-0.1, -0.05) is 36.2 Å². The topological polar surface area (TPSA) is 43.4 Å². The van der Waals surface area contributed by atoms with E-state index in [9.17, 15) is 8.42 Å². The van der Waals surface area contributed by atoms with E-state index < -0.39 is 9.05 Å².